The summed E-state index contributed by atoms with van der Waals surface area (Å²) in [5.74, 6) is -0.128. The van der Waals surface area contributed by atoms with Crippen molar-refractivity contribution in [2.45, 2.75) is 12.1 Å². The second-order valence-corrected chi connectivity index (χ2v) is 3.72. The number of nitrogens with zero attached hydrogens (tertiary/aromatic N) is 1. The molecule has 82 valence electrons. The first kappa shape index (κ1) is 10.2. The summed E-state index contributed by atoms with van der Waals surface area (Å²) in [6.45, 7) is 1.16. The van der Waals surface area contributed by atoms with E-state index in [-0.39, 0.29) is 11.9 Å². The Bertz CT molecular complexity index is 336. The Hall–Kier alpha value is -1.33. The maximum Gasteiger partial charge on any atom is 0.257 e. The monoisotopic (exact) mass is 210 g/mol. The van der Waals surface area contributed by atoms with Crippen LogP contribution in [0.1, 0.15) is 10.4 Å². The Morgan fingerprint density at radius 1 is 1.67 bits per heavy atom. The molecule has 2 heterocycles. The van der Waals surface area contributed by atoms with Crippen LogP contribution in [0.2, 0.25) is 0 Å². The number of nitrogens with one attached hydrogen (secondary N) is 1. The number of hydrogen-bond donors (Lipinski definition) is 2. The lowest BCUT2D eigenvalue weighted by Crippen LogP contribution is -2.44. The van der Waals surface area contributed by atoms with Gasteiger partial charge in [-0.2, -0.15) is 0 Å². The van der Waals surface area contributed by atoms with Crippen molar-refractivity contribution in [1.29, 1.82) is 0 Å². The van der Waals surface area contributed by atoms with Gasteiger partial charge < -0.3 is 19.7 Å². The van der Waals surface area contributed by atoms with Crippen molar-refractivity contribution >= 4 is 5.91 Å². The van der Waals surface area contributed by atoms with E-state index in [4.69, 9.17) is 4.42 Å². The fourth-order valence-corrected chi connectivity index (χ4v) is 1.79. The van der Waals surface area contributed by atoms with Gasteiger partial charge in [0.25, 0.3) is 5.91 Å². The molecule has 0 spiro atoms. The van der Waals surface area contributed by atoms with Gasteiger partial charge in [0, 0.05) is 20.1 Å². The molecule has 0 bridgehead atoms. The van der Waals surface area contributed by atoms with Gasteiger partial charge in [0.05, 0.1) is 24.0 Å². The van der Waals surface area contributed by atoms with Gasteiger partial charge in [-0.15, -0.1) is 0 Å². The fraction of sp³-hybridized carbons (Fsp3) is 0.500. The molecule has 15 heavy (non-hydrogen) atoms. The van der Waals surface area contributed by atoms with E-state index in [1.54, 1.807) is 18.0 Å². The zero-order valence-electron chi connectivity index (χ0n) is 8.51. The fourth-order valence-electron chi connectivity index (χ4n) is 1.79. The second kappa shape index (κ2) is 4.04. The Labute approximate surface area is 87.7 Å². The lowest BCUT2D eigenvalue weighted by molar-refractivity contribution is 0.0580. The van der Waals surface area contributed by atoms with Crippen molar-refractivity contribution in [3.8, 4) is 0 Å². The van der Waals surface area contributed by atoms with Gasteiger partial charge in [-0.1, -0.05) is 0 Å². The molecular formula is C10H14N2O3. The number of β-amino-alcohol motifs (C(OH)–C–C–N with tert-alkyl or cyclic N) is 1. The predicted molar refractivity (Wildman–Crippen MR) is 53.5 cm³/mol. The van der Waals surface area contributed by atoms with E-state index in [2.05, 4.69) is 5.32 Å². The Morgan fingerprint density at radius 2 is 2.47 bits per heavy atom. The normalized spacial score (nSPS) is 25.5. The predicted octanol–water partition coefficient (Wildman–Crippen LogP) is -0.316. The summed E-state index contributed by atoms with van der Waals surface area (Å²) in [6, 6.07) is 1.46. The highest BCUT2D eigenvalue weighted by Gasteiger charge is 2.31. The van der Waals surface area contributed by atoms with E-state index in [9.17, 15) is 9.90 Å². The second-order valence-electron chi connectivity index (χ2n) is 3.72. The van der Waals surface area contributed by atoms with Gasteiger partial charge in [0.2, 0.25) is 0 Å². The van der Waals surface area contributed by atoms with Crippen LogP contribution in [0.15, 0.2) is 23.0 Å². The van der Waals surface area contributed by atoms with Crippen LogP contribution >= 0.6 is 0 Å². The molecule has 1 fully saturated rings. The third-order valence-electron chi connectivity index (χ3n) is 2.74. The number of furan rings is 1. The number of aliphatic hydroxyl groups is 1. The van der Waals surface area contributed by atoms with Crippen LogP contribution in [0, 0.1) is 0 Å². The number of hydrogen-bond acceptors (Lipinski definition) is 4. The van der Waals surface area contributed by atoms with Crippen LogP contribution in [-0.4, -0.2) is 48.2 Å². The van der Waals surface area contributed by atoms with E-state index in [0.29, 0.717) is 18.7 Å². The Kier molecular flexibility index (Phi) is 2.75. The average Bonchev–Trinajstić information content (AvgIpc) is 2.85. The first-order valence-electron chi connectivity index (χ1n) is 4.88. The lowest BCUT2D eigenvalue weighted by Gasteiger charge is -2.25. The summed E-state index contributed by atoms with van der Waals surface area (Å²) in [7, 11) is 1.69. The number of aliphatic hydroxyl groups excluding tert-OH is 1. The minimum atomic E-state index is -0.495. The minimum Gasteiger partial charge on any atom is -0.472 e. The smallest absolute Gasteiger partial charge is 0.257 e. The number of rotatable bonds is 2. The van der Waals surface area contributed by atoms with Crippen LogP contribution in [0.4, 0.5) is 0 Å². The molecule has 1 saturated heterocycles. The van der Waals surface area contributed by atoms with E-state index in [1.807, 2.05) is 0 Å². The first-order chi connectivity index (χ1) is 7.20. The van der Waals surface area contributed by atoms with Gasteiger partial charge in [0.15, 0.2) is 0 Å². The molecule has 0 saturated carbocycles. The molecule has 5 nitrogen and oxygen atoms in total. The molecule has 0 aromatic carbocycles. The third-order valence-corrected chi connectivity index (χ3v) is 2.74. The number of carbonyl (C=O) groups excluding carboxylic acids is 1. The summed E-state index contributed by atoms with van der Waals surface area (Å²) in [6.07, 6.45) is 2.38. The number of carbonyl (C=O) groups is 1. The van der Waals surface area contributed by atoms with Crippen molar-refractivity contribution in [3.05, 3.63) is 24.2 Å². The SMILES string of the molecule is CN(C(=O)c1ccoc1)C1CNCC1O. The zero-order valence-corrected chi connectivity index (χ0v) is 8.51. The average molecular weight is 210 g/mol. The molecule has 0 radical (unpaired) electrons. The molecule has 2 rings (SSSR count). The number of likely N-dealkylation sites (N-methyl/N-ethyl adjacent to an activating group) is 1. The lowest BCUT2D eigenvalue weighted by atomic mass is 10.1. The van der Waals surface area contributed by atoms with E-state index in [1.165, 1.54) is 12.5 Å². The Balaban J connectivity index is 2.07. The maximum atomic E-state index is 11.9. The maximum absolute atomic E-state index is 11.9. The molecule has 2 atom stereocenters. The topological polar surface area (TPSA) is 65.7 Å². The van der Waals surface area contributed by atoms with Crippen LogP contribution in [0.3, 0.4) is 0 Å². The van der Waals surface area contributed by atoms with Crippen molar-refractivity contribution in [3.63, 3.8) is 0 Å². The van der Waals surface area contributed by atoms with Gasteiger partial charge in [0.1, 0.15) is 6.26 Å². The van der Waals surface area contributed by atoms with Crippen LogP contribution in [-0.2, 0) is 0 Å². The molecule has 5 heteroatoms. The highest BCUT2D eigenvalue weighted by atomic mass is 16.3. The summed E-state index contributed by atoms with van der Waals surface area (Å²) in [4.78, 5) is 13.4. The van der Waals surface area contributed by atoms with Crippen LogP contribution < -0.4 is 5.32 Å². The molecule has 0 aliphatic carbocycles. The van der Waals surface area contributed by atoms with Crippen molar-refractivity contribution in [1.82, 2.24) is 10.2 Å². The van der Waals surface area contributed by atoms with Crippen molar-refractivity contribution in [2.24, 2.45) is 0 Å². The molecule has 1 amide bonds. The third kappa shape index (κ3) is 1.88. The molecule has 1 aromatic heterocycles. The van der Waals surface area contributed by atoms with E-state index < -0.39 is 6.10 Å². The van der Waals surface area contributed by atoms with E-state index >= 15 is 0 Å². The van der Waals surface area contributed by atoms with Gasteiger partial charge in [-0.05, 0) is 6.07 Å². The molecule has 1 aromatic rings. The quantitative estimate of drug-likeness (QED) is 0.702. The molecule has 2 unspecified atom stereocenters. The molecule has 1 aliphatic heterocycles. The van der Waals surface area contributed by atoms with Gasteiger partial charge in [-0.25, -0.2) is 0 Å². The van der Waals surface area contributed by atoms with Crippen LogP contribution in [0.5, 0.6) is 0 Å². The van der Waals surface area contributed by atoms with Crippen molar-refractivity contribution < 1.29 is 14.3 Å². The summed E-state index contributed by atoms with van der Waals surface area (Å²) >= 11 is 0. The standard InChI is InChI=1S/C10H14N2O3/c1-12(8-4-11-5-9(8)13)10(14)7-2-3-15-6-7/h2-3,6,8-9,11,13H,4-5H2,1H3. The van der Waals surface area contributed by atoms with Gasteiger partial charge >= 0.3 is 0 Å². The zero-order chi connectivity index (χ0) is 10.8. The van der Waals surface area contributed by atoms with Crippen LogP contribution in [0.25, 0.3) is 0 Å². The minimum absolute atomic E-state index is 0.128. The molecule has 2 N–H and O–H groups in total. The van der Waals surface area contributed by atoms with Crippen molar-refractivity contribution in [2.75, 3.05) is 20.1 Å². The first-order valence-corrected chi connectivity index (χ1v) is 4.88. The Morgan fingerprint density at radius 3 is 3.00 bits per heavy atom. The molecule has 1 aliphatic rings. The summed E-state index contributed by atoms with van der Waals surface area (Å²) in [5, 5.41) is 12.7. The highest BCUT2D eigenvalue weighted by molar-refractivity contribution is 5.93. The van der Waals surface area contributed by atoms with E-state index in [0.717, 1.165) is 0 Å². The number of amides is 1. The summed E-state index contributed by atoms with van der Waals surface area (Å²) in [5.41, 5.74) is 0.511. The molecular weight excluding hydrogens is 196 g/mol. The summed E-state index contributed by atoms with van der Waals surface area (Å²) < 4.78 is 4.85. The van der Waals surface area contributed by atoms with Gasteiger partial charge in [-0.3, -0.25) is 4.79 Å². The largest absolute Gasteiger partial charge is 0.472 e. The highest BCUT2D eigenvalue weighted by Crippen LogP contribution is 2.12.